The molecule has 4 nitrogen and oxygen atoms in total. The third-order valence-corrected chi connectivity index (χ3v) is 0.823. The number of carbonyl (C=O) groups excluding carboxylic acids is 1. The number of amides is 1. The molecule has 0 atom stereocenters. The van der Waals surface area contributed by atoms with E-state index < -0.39 is 5.91 Å². The van der Waals surface area contributed by atoms with Gasteiger partial charge >= 0.3 is 0 Å². The highest BCUT2D eigenvalue weighted by atomic mass is 16.1. The van der Waals surface area contributed by atoms with Crippen molar-refractivity contribution in [3.05, 3.63) is 18.0 Å². The minimum atomic E-state index is -0.428. The smallest absolute Gasteiger partial charge is 0.256 e. The van der Waals surface area contributed by atoms with E-state index in [-0.39, 0.29) is 0 Å². The molecule has 42 valence electrons. The van der Waals surface area contributed by atoms with Crippen LogP contribution < -0.4 is 10.8 Å². The lowest BCUT2D eigenvalue weighted by molar-refractivity contribution is -0.449. The molecule has 1 aromatic rings. The number of nitrogens with two attached hydrogens (primary N) is 1. The molecule has 0 bridgehead atoms. The van der Waals surface area contributed by atoms with E-state index in [1.165, 1.54) is 12.4 Å². The Morgan fingerprint density at radius 2 is 2.62 bits per heavy atom. The van der Waals surface area contributed by atoms with E-state index in [4.69, 9.17) is 5.73 Å². The maximum absolute atomic E-state index is 10.2. The fourth-order valence-electron chi connectivity index (χ4n) is 0.423. The minimum absolute atomic E-state index is 0.428. The molecule has 0 aliphatic heterocycles. The molecule has 0 aromatic carbocycles. The average Bonchev–Trinajstić information content (AvgIpc) is 2.12. The molecule has 0 saturated carbocycles. The number of hydrogen-bond donors (Lipinski definition) is 2. The van der Waals surface area contributed by atoms with E-state index in [0.29, 0.717) is 5.56 Å². The zero-order valence-electron chi connectivity index (χ0n) is 4.14. The third-order valence-electron chi connectivity index (χ3n) is 0.823. The van der Waals surface area contributed by atoms with Gasteiger partial charge in [-0.2, -0.15) is 5.10 Å². The summed E-state index contributed by atoms with van der Waals surface area (Å²) in [7, 11) is 0. The Bertz CT molecular complexity index is 179. The van der Waals surface area contributed by atoms with E-state index in [0.717, 1.165) is 0 Å². The Morgan fingerprint density at radius 3 is 2.88 bits per heavy atom. The second kappa shape index (κ2) is 1.65. The van der Waals surface area contributed by atoms with Gasteiger partial charge in [-0.3, -0.25) is 4.79 Å². The van der Waals surface area contributed by atoms with Crippen molar-refractivity contribution in [2.45, 2.75) is 0 Å². The van der Waals surface area contributed by atoms with Crippen LogP contribution in [0.4, 0.5) is 0 Å². The van der Waals surface area contributed by atoms with E-state index in [1.54, 1.807) is 0 Å². The first-order valence-electron chi connectivity index (χ1n) is 2.15. The van der Waals surface area contributed by atoms with E-state index >= 15 is 0 Å². The molecule has 0 saturated heterocycles. The number of nitrogens with one attached hydrogen (secondary N) is 2. The van der Waals surface area contributed by atoms with E-state index in [9.17, 15) is 4.79 Å². The van der Waals surface area contributed by atoms with Crippen molar-refractivity contribution in [1.82, 2.24) is 5.10 Å². The molecular formula is C4H6N3O+. The van der Waals surface area contributed by atoms with Crippen LogP contribution in [-0.2, 0) is 0 Å². The molecule has 1 rings (SSSR count). The average molecular weight is 112 g/mol. The summed E-state index contributed by atoms with van der Waals surface area (Å²) < 4.78 is 0. The van der Waals surface area contributed by atoms with Gasteiger partial charge < -0.3 is 5.73 Å². The second-order valence-electron chi connectivity index (χ2n) is 1.40. The van der Waals surface area contributed by atoms with Crippen molar-refractivity contribution < 1.29 is 9.89 Å². The van der Waals surface area contributed by atoms with Gasteiger partial charge in [-0.15, -0.1) is 5.10 Å². The monoisotopic (exact) mass is 112 g/mol. The SMILES string of the molecule is NC(=O)c1c[nH][nH+]c1. The molecule has 0 unspecified atom stereocenters. The highest BCUT2D eigenvalue weighted by Gasteiger charge is 2.01. The fraction of sp³-hybridized carbons (Fsp3) is 0. The topological polar surface area (TPSA) is 73.0 Å². The van der Waals surface area contributed by atoms with Gasteiger partial charge in [0, 0.05) is 0 Å². The van der Waals surface area contributed by atoms with Crippen LogP contribution in [0.15, 0.2) is 12.4 Å². The molecule has 0 spiro atoms. The summed E-state index contributed by atoms with van der Waals surface area (Å²) >= 11 is 0. The van der Waals surface area contributed by atoms with Crippen molar-refractivity contribution in [3.63, 3.8) is 0 Å². The molecule has 1 heterocycles. The predicted octanol–water partition coefficient (Wildman–Crippen LogP) is -1.07. The van der Waals surface area contributed by atoms with Crippen molar-refractivity contribution in [2.24, 2.45) is 5.73 Å². The Balaban J connectivity index is 2.93. The molecule has 1 aromatic heterocycles. The first kappa shape index (κ1) is 4.83. The molecule has 4 heteroatoms. The fourth-order valence-corrected chi connectivity index (χ4v) is 0.423. The third kappa shape index (κ3) is 0.676. The van der Waals surface area contributed by atoms with Gasteiger partial charge in [-0.1, -0.05) is 0 Å². The van der Waals surface area contributed by atoms with Gasteiger partial charge in [-0.25, -0.2) is 0 Å². The summed E-state index contributed by atoms with van der Waals surface area (Å²) in [6.45, 7) is 0. The zero-order valence-corrected chi connectivity index (χ0v) is 4.14. The van der Waals surface area contributed by atoms with Crippen molar-refractivity contribution in [3.8, 4) is 0 Å². The van der Waals surface area contributed by atoms with Gasteiger partial charge in [0.05, 0.1) is 6.20 Å². The second-order valence-corrected chi connectivity index (χ2v) is 1.40. The standard InChI is InChI=1S/C4H5N3O/c5-4(8)3-1-6-7-2-3/h1-2H,(H2,5,8)(H,6,7)/p+1. The Kier molecular flexibility index (Phi) is 0.997. The number of rotatable bonds is 1. The summed E-state index contributed by atoms with van der Waals surface area (Å²) in [5.41, 5.74) is 5.34. The molecular weight excluding hydrogens is 106 g/mol. The van der Waals surface area contributed by atoms with Crippen LogP contribution in [0.3, 0.4) is 0 Å². The van der Waals surface area contributed by atoms with Gasteiger partial charge in [0.2, 0.25) is 6.20 Å². The van der Waals surface area contributed by atoms with Crippen molar-refractivity contribution in [1.29, 1.82) is 0 Å². The van der Waals surface area contributed by atoms with Crippen molar-refractivity contribution in [2.75, 3.05) is 0 Å². The van der Waals surface area contributed by atoms with Crippen LogP contribution >= 0.6 is 0 Å². The molecule has 0 aliphatic carbocycles. The lowest BCUT2D eigenvalue weighted by Gasteiger charge is -1.75. The number of aromatic nitrogens is 2. The molecule has 0 aliphatic rings. The molecule has 1 amide bonds. The summed E-state index contributed by atoms with van der Waals surface area (Å²) in [4.78, 5) is 10.2. The number of primary amides is 1. The molecule has 8 heavy (non-hydrogen) atoms. The van der Waals surface area contributed by atoms with Gasteiger partial charge in [-0.05, 0) is 0 Å². The van der Waals surface area contributed by atoms with Crippen LogP contribution in [0.5, 0.6) is 0 Å². The molecule has 0 fully saturated rings. The molecule has 0 radical (unpaired) electrons. The van der Waals surface area contributed by atoms with E-state index in [1.807, 2.05) is 0 Å². The highest BCUT2D eigenvalue weighted by molar-refractivity contribution is 5.91. The van der Waals surface area contributed by atoms with Crippen LogP contribution in [0.25, 0.3) is 0 Å². The largest absolute Gasteiger partial charge is 0.365 e. The highest BCUT2D eigenvalue weighted by Crippen LogP contribution is 1.85. The van der Waals surface area contributed by atoms with Gasteiger partial charge in [0.25, 0.3) is 5.91 Å². The number of H-pyrrole nitrogens is 2. The Hall–Kier alpha value is -1.32. The summed E-state index contributed by atoms with van der Waals surface area (Å²) in [6, 6.07) is 0. The predicted molar refractivity (Wildman–Crippen MR) is 25.9 cm³/mol. The maximum Gasteiger partial charge on any atom is 0.256 e. The van der Waals surface area contributed by atoms with Crippen LogP contribution in [-0.4, -0.2) is 11.0 Å². The quantitative estimate of drug-likeness (QED) is 0.477. The van der Waals surface area contributed by atoms with Crippen LogP contribution in [0.2, 0.25) is 0 Å². The summed E-state index contributed by atoms with van der Waals surface area (Å²) in [6.07, 6.45) is 3.00. The van der Waals surface area contributed by atoms with Gasteiger partial charge in [0.1, 0.15) is 5.56 Å². The van der Waals surface area contributed by atoms with Crippen molar-refractivity contribution >= 4 is 5.91 Å². The first-order chi connectivity index (χ1) is 3.80. The number of hydrogen-bond acceptors (Lipinski definition) is 1. The number of carbonyl (C=O) groups is 1. The van der Waals surface area contributed by atoms with E-state index in [2.05, 4.69) is 10.2 Å². The molecule has 4 N–H and O–H groups in total. The minimum Gasteiger partial charge on any atom is -0.365 e. The summed E-state index contributed by atoms with van der Waals surface area (Å²) in [5.74, 6) is -0.428. The summed E-state index contributed by atoms with van der Waals surface area (Å²) in [5, 5.41) is 5.17. The van der Waals surface area contributed by atoms with Crippen LogP contribution in [0, 0.1) is 0 Å². The Morgan fingerprint density at radius 1 is 1.88 bits per heavy atom. The zero-order chi connectivity index (χ0) is 5.98. The van der Waals surface area contributed by atoms with Crippen LogP contribution in [0.1, 0.15) is 10.4 Å². The number of aromatic amines is 2. The normalized spacial score (nSPS) is 9.00. The maximum atomic E-state index is 10.2. The lowest BCUT2D eigenvalue weighted by Crippen LogP contribution is -2.10. The lowest BCUT2D eigenvalue weighted by atomic mass is 10.4. The first-order valence-corrected chi connectivity index (χ1v) is 2.15. The Labute approximate surface area is 45.7 Å². The van der Waals surface area contributed by atoms with Gasteiger partial charge in [0.15, 0.2) is 0 Å².